The summed E-state index contributed by atoms with van der Waals surface area (Å²) >= 11 is 0. The lowest BCUT2D eigenvalue weighted by molar-refractivity contribution is -0.671. The summed E-state index contributed by atoms with van der Waals surface area (Å²) in [4.78, 5) is 6.48. The van der Waals surface area contributed by atoms with Gasteiger partial charge in [0.1, 0.15) is 18.9 Å². The van der Waals surface area contributed by atoms with E-state index in [-0.39, 0.29) is 17.0 Å². The lowest BCUT2D eigenvalue weighted by Gasteiger charge is -2.22. The number of imidazole rings is 2. The molecule has 0 saturated carbocycles. The Kier molecular flexibility index (Phi) is 7.08. The van der Waals surface area contributed by atoms with Crippen molar-refractivity contribution in [3.8, 4) is 0 Å². The van der Waals surface area contributed by atoms with Gasteiger partial charge >= 0.3 is 0 Å². The Morgan fingerprint density at radius 3 is 2.50 bits per heavy atom. The number of aromatic nitrogens is 4. The molecule has 1 aromatic carbocycles. The van der Waals surface area contributed by atoms with Crippen LogP contribution in [-0.4, -0.2) is 27.2 Å². The molecule has 26 heavy (non-hydrogen) atoms. The van der Waals surface area contributed by atoms with Crippen molar-refractivity contribution in [3.63, 3.8) is 0 Å². The lowest BCUT2D eigenvalue weighted by Crippen LogP contribution is -3.00. The molecular weight excluding hydrogens is 394 g/mol. The molecule has 0 fully saturated rings. The van der Waals surface area contributed by atoms with Crippen molar-refractivity contribution in [1.82, 2.24) is 14.1 Å². The molecule has 0 amide bonds. The number of halogens is 1. The van der Waals surface area contributed by atoms with Gasteiger partial charge in [-0.3, -0.25) is 0 Å². The number of hydrogen-bond donors (Lipinski definition) is 0. The Hall–Kier alpha value is -2.48. The van der Waals surface area contributed by atoms with Gasteiger partial charge in [-0.1, -0.05) is 0 Å². The second-order valence-corrected chi connectivity index (χ2v) is 5.95. The van der Waals surface area contributed by atoms with Crippen LogP contribution in [0.2, 0.25) is 0 Å². The molecule has 2 heterocycles. The van der Waals surface area contributed by atoms with E-state index in [9.17, 15) is 0 Å². The molecule has 0 aliphatic carbocycles. The Morgan fingerprint density at radius 1 is 1.15 bits per heavy atom. The first-order chi connectivity index (χ1) is 12.2. The normalized spacial score (nSPS) is 10.9. The number of rotatable bonds is 7. The average Bonchev–Trinajstić information content (AvgIpc) is 3.23. The number of nitrogens with zero attached hydrogens (tertiary/aromatic N) is 7. The molecule has 0 aliphatic rings. The number of likely N-dealkylation sites (N-methyl/N-ethyl adjacent to an activating group) is 1. The van der Waals surface area contributed by atoms with Crippen LogP contribution in [-0.2, 0) is 20.6 Å². The van der Waals surface area contributed by atoms with Gasteiger partial charge in [0.05, 0.1) is 19.3 Å². The van der Waals surface area contributed by atoms with Crippen molar-refractivity contribution >= 4 is 17.3 Å². The van der Waals surface area contributed by atoms with Crippen molar-refractivity contribution in [2.45, 2.75) is 13.5 Å². The van der Waals surface area contributed by atoms with Gasteiger partial charge in [-0.05, 0) is 31.2 Å². The first-order valence-electron chi connectivity index (χ1n) is 8.41. The van der Waals surface area contributed by atoms with Crippen LogP contribution in [0.5, 0.6) is 0 Å². The van der Waals surface area contributed by atoms with Crippen molar-refractivity contribution in [2.24, 2.45) is 24.3 Å². The zero-order valence-electron chi connectivity index (χ0n) is 15.3. The van der Waals surface area contributed by atoms with E-state index in [1.807, 2.05) is 37.0 Å². The maximum Gasteiger partial charge on any atom is 0.249 e. The largest absolute Gasteiger partial charge is 1.00 e. The summed E-state index contributed by atoms with van der Waals surface area (Å²) in [5, 5.41) is 8.42. The second kappa shape index (κ2) is 9.28. The van der Waals surface area contributed by atoms with E-state index < -0.39 is 0 Å². The first kappa shape index (κ1) is 19.8. The quantitative estimate of drug-likeness (QED) is 0.401. The molecule has 0 N–H and O–H groups in total. The third-order valence-corrected chi connectivity index (χ3v) is 4.10. The number of hydrogen-bond acceptors (Lipinski definition) is 4. The molecule has 8 heteroatoms. The summed E-state index contributed by atoms with van der Waals surface area (Å²) in [6, 6.07) is 8.15. The number of benzene rings is 1. The fourth-order valence-corrected chi connectivity index (χ4v) is 2.63. The predicted octanol–water partition coefficient (Wildman–Crippen LogP) is -0.00800. The highest BCUT2D eigenvalue weighted by Gasteiger charge is 2.07. The van der Waals surface area contributed by atoms with Crippen LogP contribution < -0.4 is 26.4 Å². The summed E-state index contributed by atoms with van der Waals surface area (Å²) in [6.45, 7) is 5.04. The van der Waals surface area contributed by atoms with Gasteiger partial charge in [-0.15, -0.1) is 10.2 Å². The zero-order chi connectivity index (χ0) is 17.6. The zero-order valence-corrected chi connectivity index (χ0v) is 16.9. The highest BCUT2D eigenvalue weighted by atomic mass is 79.9. The Balaban J connectivity index is 0.00000243. The third kappa shape index (κ3) is 5.01. The van der Waals surface area contributed by atoms with Gasteiger partial charge in [0, 0.05) is 31.7 Å². The maximum atomic E-state index is 4.25. The molecule has 0 bridgehead atoms. The van der Waals surface area contributed by atoms with E-state index in [4.69, 9.17) is 0 Å². The second-order valence-electron chi connectivity index (χ2n) is 5.95. The third-order valence-electron chi connectivity index (χ3n) is 4.10. The smallest absolute Gasteiger partial charge is 0.249 e. The topological polar surface area (TPSA) is 54.6 Å². The Morgan fingerprint density at radius 2 is 1.92 bits per heavy atom. The van der Waals surface area contributed by atoms with Gasteiger partial charge < -0.3 is 26.4 Å². The van der Waals surface area contributed by atoms with Crippen molar-refractivity contribution in [3.05, 3.63) is 55.4 Å². The number of anilines is 1. The summed E-state index contributed by atoms with van der Waals surface area (Å²) in [5.41, 5.74) is 2.01. The molecule has 7 nitrogen and oxygen atoms in total. The van der Waals surface area contributed by atoms with Gasteiger partial charge in [0.25, 0.3) is 0 Å². The number of aryl methyl sites for hydroxylation is 2. The first-order valence-corrected chi connectivity index (χ1v) is 8.41. The predicted molar refractivity (Wildman–Crippen MR) is 97.3 cm³/mol. The van der Waals surface area contributed by atoms with E-state index in [2.05, 4.69) is 67.0 Å². The molecular formula is C18H24BrN7. The minimum atomic E-state index is 0. The fourth-order valence-electron chi connectivity index (χ4n) is 2.63. The Bertz CT molecular complexity index is 835. The molecule has 0 atom stereocenters. The van der Waals surface area contributed by atoms with Crippen LogP contribution >= 0.6 is 0 Å². The standard InChI is InChI=1S/C18H24N7.BrH/c1-4-25(14-13-24-12-11-22(2)15-24)17-7-5-16(6-8-17)20-21-18-19-9-10-23(18)3;/h5-12,15H,4,13-14H2,1-3H3;1H/q+1;/p-1/b21-20+;. The van der Waals surface area contributed by atoms with Crippen molar-refractivity contribution in [2.75, 3.05) is 18.0 Å². The lowest BCUT2D eigenvalue weighted by atomic mass is 10.2. The highest BCUT2D eigenvalue weighted by molar-refractivity contribution is 5.52. The minimum Gasteiger partial charge on any atom is -1.00 e. The van der Waals surface area contributed by atoms with Crippen LogP contribution in [0.15, 0.2) is 65.6 Å². The highest BCUT2D eigenvalue weighted by Crippen LogP contribution is 2.21. The fraction of sp³-hybridized carbons (Fsp3) is 0.333. The average molecular weight is 418 g/mol. The Labute approximate surface area is 164 Å². The summed E-state index contributed by atoms with van der Waals surface area (Å²) in [5.74, 6) is 0.596. The van der Waals surface area contributed by atoms with Gasteiger partial charge in [0.2, 0.25) is 12.3 Å². The van der Waals surface area contributed by atoms with E-state index in [0.29, 0.717) is 5.95 Å². The SMILES string of the molecule is CCN(CCn1cc[n+](C)c1)c1ccc(/N=N/c2nccn2C)cc1.[Br-]. The van der Waals surface area contributed by atoms with Crippen LogP contribution in [0, 0.1) is 0 Å². The molecule has 3 rings (SSSR count). The number of azo groups is 1. The van der Waals surface area contributed by atoms with E-state index >= 15 is 0 Å². The van der Waals surface area contributed by atoms with Gasteiger partial charge in [0.15, 0.2) is 0 Å². The van der Waals surface area contributed by atoms with E-state index in [1.54, 1.807) is 6.20 Å². The molecule has 0 radical (unpaired) electrons. The van der Waals surface area contributed by atoms with Crippen molar-refractivity contribution < 1.29 is 21.5 Å². The molecule has 0 aliphatic heterocycles. The minimum absolute atomic E-state index is 0. The van der Waals surface area contributed by atoms with Crippen LogP contribution in [0.25, 0.3) is 0 Å². The van der Waals surface area contributed by atoms with Crippen LogP contribution in [0.1, 0.15) is 6.92 Å². The van der Waals surface area contributed by atoms with Crippen LogP contribution in [0.4, 0.5) is 17.3 Å². The monoisotopic (exact) mass is 417 g/mol. The van der Waals surface area contributed by atoms with E-state index in [0.717, 1.165) is 25.3 Å². The van der Waals surface area contributed by atoms with E-state index in [1.165, 1.54) is 5.69 Å². The molecule has 2 aromatic heterocycles. The summed E-state index contributed by atoms with van der Waals surface area (Å²) in [6.07, 6.45) is 9.80. The van der Waals surface area contributed by atoms with Crippen molar-refractivity contribution in [1.29, 1.82) is 0 Å². The maximum absolute atomic E-state index is 4.25. The van der Waals surface area contributed by atoms with Gasteiger partial charge in [-0.25, -0.2) is 14.1 Å². The molecule has 138 valence electrons. The molecule has 0 saturated heterocycles. The summed E-state index contributed by atoms with van der Waals surface area (Å²) < 4.78 is 6.08. The molecule has 0 spiro atoms. The van der Waals surface area contributed by atoms with Gasteiger partial charge in [-0.2, -0.15) is 0 Å². The molecule has 0 unspecified atom stereocenters. The summed E-state index contributed by atoms with van der Waals surface area (Å²) in [7, 11) is 3.93. The molecule has 3 aromatic rings. The van der Waals surface area contributed by atoms with Crippen LogP contribution in [0.3, 0.4) is 0 Å².